The minimum Gasteiger partial charge on any atom is -0.368 e. The fraction of sp³-hybridized carbons (Fsp3) is 0.522. The average molecular weight is 408 g/mol. The molecule has 3 heterocycles. The molecule has 1 aliphatic carbocycles. The van der Waals surface area contributed by atoms with Gasteiger partial charge in [0.25, 0.3) is 5.91 Å². The molecular formula is C23H29N5O2. The van der Waals surface area contributed by atoms with Gasteiger partial charge in [-0.3, -0.25) is 19.6 Å². The first-order valence-corrected chi connectivity index (χ1v) is 11.1. The zero-order chi connectivity index (χ0) is 20.7. The van der Waals surface area contributed by atoms with Gasteiger partial charge < -0.3 is 10.6 Å². The number of nitrogens with zero attached hydrogens (tertiary/aromatic N) is 3. The molecule has 7 nitrogen and oxygen atoms in total. The molecule has 3 aliphatic rings. The SMILES string of the molecule is NC(=O)C1(N2CCCCC2)CCN(C(=O)c2[nH]nc3c2CCc2ccccc2-3)CC1. The van der Waals surface area contributed by atoms with Crippen LogP contribution in [0.2, 0.25) is 0 Å². The molecule has 7 heteroatoms. The number of aryl methyl sites for hydroxylation is 1. The topological polar surface area (TPSA) is 95.3 Å². The Morgan fingerprint density at radius 2 is 1.73 bits per heavy atom. The summed E-state index contributed by atoms with van der Waals surface area (Å²) in [6.45, 7) is 2.93. The van der Waals surface area contributed by atoms with Crippen molar-refractivity contribution in [3.63, 3.8) is 0 Å². The van der Waals surface area contributed by atoms with Gasteiger partial charge in [0.2, 0.25) is 5.91 Å². The Labute approximate surface area is 176 Å². The van der Waals surface area contributed by atoms with Crippen molar-refractivity contribution in [2.45, 2.75) is 50.5 Å². The van der Waals surface area contributed by atoms with E-state index in [1.54, 1.807) is 0 Å². The zero-order valence-electron chi connectivity index (χ0n) is 17.3. The van der Waals surface area contributed by atoms with E-state index >= 15 is 0 Å². The summed E-state index contributed by atoms with van der Waals surface area (Å²) in [7, 11) is 0. The van der Waals surface area contributed by atoms with Crippen molar-refractivity contribution >= 4 is 11.8 Å². The molecule has 0 radical (unpaired) electrons. The zero-order valence-corrected chi connectivity index (χ0v) is 17.3. The summed E-state index contributed by atoms with van der Waals surface area (Å²) in [4.78, 5) is 29.9. The Kier molecular flexibility index (Phi) is 4.85. The van der Waals surface area contributed by atoms with E-state index in [4.69, 9.17) is 5.73 Å². The van der Waals surface area contributed by atoms with Gasteiger partial charge in [-0.1, -0.05) is 30.7 Å². The number of hydrogen-bond donors (Lipinski definition) is 2. The molecule has 0 saturated carbocycles. The van der Waals surface area contributed by atoms with E-state index in [9.17, 15) is 9.59 Å². The predicted octanol–water partition coefficient (Wildman–Crippen LogP) is 2.12. The Balaban J connectivity index is 1.35. The van der Waals surface area contributed by atoms with Gasteiger partial charge in [-0.05, 0) is 57.2 Å². The summed E-state index contributed by atoms with van der Waals surface area (Å²) in [5.41, 5.74) is 10.2. The van der Waals surface area contributed by atoms with Crippen LogP contribution in [-0.2, 0) is 17.6 Å². The smallest absolute Gasteiger partial charge is 0.272 e. The highest BCUT2D eigenvalue weighted by molar-refractivity contribution is 5.96. The van der Waals surface area contributed by atoms with Crippen LogP contribution in [0.25, 0.3) is 11.3 Å². The lowest BCUT2D eigenvalue weighted by Crippen LogP contribution is -2.63. The van der Waals surface area contributed by atoms with Crippen molar-refractivity contribution in [1.82, 2.24) is 20.0 Å². The lowest BCUT2D eigenvalue weighted by atomic mass is 9.83. The van der Waals surface area contributed by atoms with Gasteiger partial charge in [0.05, 0.1) is 5.69 Å². The number of nitrogens with two attached hydrogens (primary N) is 1. The number of amides is 2. The average Bonchev–Trinajstić information content (AvgIpc) is 3.24. The second-order valence-corrected chi connectivity index (χ2v) is 8.82. The van der Waals surface area contributed by atoms with E-state index in [-0.39, 0.29) is 11.8 Å². The first-order chi connectivity index (χ1) is 14.6. The molecule has 2 saturated heterocycles. The van der Waals surface area contributed by atoms with E-state index in [1.807, 2.05) is 17.0 Å². The number of likely N-dealkylation sites (tertiary alicyclic amines) is 2. The maximum Gasteiger partial charge on any atom is 0.272 e. The van der Waals surface area contributed by atoms with Gasteiger partial charge in [-0.15, -0.1) is 0 Å². The third kappa shape index (κ3) is 3.03. The van der Waals surface area contributed by atoms with Crippen LogP contribution >= 0.6 is 0 Å². The number of nitrogens with one attached hydrogen (secondary N) is 1. The number of benzene rings is 1. The van der Waals surface area contributed by atoms with Gasteiger partial charge in [0.15, 0.2) is 0 Å². The van der Waals surface area contributed by atoms with Crippen LogP contribution in [0.3, 0.4) is 0 Å². The van der Waals surface area contributed by atoms with Crippen LogP contribution in [0.5, 0.6) is 0 Å². The summed E-state index contributed by atoms with van der Waals surface area (Å²) < 4.78 is 0. The minimum absolute atomic E-state index is 0.0140. The van der Waals surface area contributed by atoms with Gasteiger partial charge in [-0.25, -0.2) is 0 Å². The molecule has 2 amide bonds. The lowest BCUT2D eigenvalue weighted by molar-refractivity contribution is -0.134. The second-order valence-electron chi connectivity index (χ2n) is 8.82. The van der Waals surface area contributed by atoms with Crippen LogP contribution < -0.4 is 5.73 Å². The van der Waals surface area contributed by atoms with Crippen LogP contribution in [0, 0.1) is 0 Å². The highest BCUT2D eigenvalue weighted by Gasteiger charge is 2.46. The molecule has 0 unspecified atom stereocenters. The molecule has 5 rings (SSSR count). The number of carbonyl (C=O) groups excluding carboxylic acids is 2. The van der Waals surface area contributed by atoms with Crippen LogP contribution in [-0.4, -0.2) is 63.5 Å². The van der Waals surface area contributed by atoms with Gasteiger partial charge >= 0.3 is 0 Å². The third-order valence-electron chi connectivity index (χ3n) is 7.30. The van der Waals surface area contributed by atoms with Gasteiger partial charge in [-0.2, -0.15) is 5.10 Å². The number of primary amides is 1. The van der Waals surface area contributed by atoms with Crippen molar-refractivity contribution in [2.75, 3.05) is 26.2 Å². The summed E-state index contributed by atoms with van der Waals surface area (Å²) >= 11 is 0. The molecule has 158 valence electrons. The van der Waals surface area contributed by atoms with Crippen molar-refractivity contribution in [3.05, 3.63) is 41.1 Å². The standard InChI is InChI=1S/C23H29N5O2/c24-22(30)23(28-12-4-1-5-13-28)10-14-27(15-11-23)21(29)20-18-9-8-16-6-2-3-7-17(16)19(18)25-26-20/h2-3,6-7H,1,4-5,8-15H2,(H2,24,30)(H,25,26). The van der Waals surface area contributed by atoms with Crippen LogP contribution in [0.15, 0.2) is 24.3 Å². The minimum atomic E-state index is -0.608. The predicted molar refractivity (Wildman–Crippen MR) is 114 cm³/mol. The lowest BCUT2D eigenvalue weighted by Gasteiger charge is -2.48. The molecule has 0 spiro atoms. The fourth-order valence-electron chi connectivity index (χ4n) is 5.52. The largest absolute Gasteiger partial charge is 0.368 e. The van der Waals surface area contributed by atoms with E-state index in [0.29, 0.717) is 31.6 Å². The van der Waals surface area contributed by atoms with E-state index < -0.39 is 5.54 Å². The number of rotatable bonds is 3. The maximum atomic E-state index is 13.3. The molecule has 1 aromatic heterocycles. The normalized spacial score (nSPS) is 21.0. The van der Waals surface area contributed by atoms with E-state index in [2.05, 4.69) is 27.2 Å². The first-order valence-electron chi connectivity index (χ1n) is 11.1. The number of H-pyrrole nitrogens is 1. The Bertz CT molecular complexity index is 968. The highest BCUT2D eigenvalue weighted by Crippen LogP contribution is 2.35. The van der Waals surface area contributed by atoms with Crippen molar-refractivity contribution in [3.8, 4) is 11.3 Å². The quantitative estimate of drug-likeness (QED) is 0.815. The Hall–Kier alpha value is -2.67. The third-order valence-corrected chi connectivity index (χ3v) is 7.30. The molecule has 30 heavy (non-hydrogen) atoms. The second kappa shape index (κ2) is 7.54. The number of aromatic nitrogens is 2. The molecule has 1 aromatic carbocycles. The number of hydrogen-bond acceptors (Lipinski definition) is 4. The number of fused-ring (bicyclic) bond motifs is 3. The number of carbonyl (C=O) groups is 2. The summed E-state index contributed by atoms with van der Waals surface area (Å²) in [5, 5.41) is 7.51. The van der Waals surface area contributed by atoms with Crippen LogP contribution in [0.4, 0.5) is 0 Å². The maximum absolute atomic E-state index is 13.3. The molecule has 2 fully saturated rings. The van der Waals surface area contributed by atoms with E-state index in [0.717, 1.165) is 55.6 Å². The van der Waals surface area contributed by atoms with Crippen molar-refractivity contribution in [1.29, 1.82) is 0 Å². The van der Waals surface area contributed by atoms with Crippen molar-refractivity contribution < 1.29 is 9.59 Å². The summed E-state index contributed by atoms with van der Waals surface area (Å²) in [6, 6.07) is 8.26. The molecule has 0 bridgehead atoms. The molecular weight excluding hydrogens is 378 g/mol. The monoisotopic (exact) mass is 407 g/mol. The number of piperidine rings is 2. The Morgan fingerprint density at radius 1 is 1.00 bits per heavy atom. The molecule has 2 aromatic rings. The first kappa shape index (κ1) is 19.3. The van der Waals surface area contributed by atoms with Crippen molar-refractivity contribution in [2.24, 2.45) is 5.73 Å². The molecule has 2 aliphatic heterocycles. The summed E-state index contributed by atoms with van der Waals surface area (Å²) in [6.07, 6.45) is 6.38. The summed E-state index contributed by atoms with van der Waals surface area (Å²) in [5.74, 6) is -0.258. The van der Waals surface area contributed by atoms with Gasteiger partial charge in [0.1, 0.15) is 11.2 Å². The Morgan fingerprint density at radius 3 is 2.47 bits per heavy atom. The van der Waals surface area contributed by atoms with Crippen LogP contribution in [0.1, 0.15) is 53.7 Å². The molecule has 3 N–H and O–H groups in total. The van der Waals surface area contributed by atoms with Gasteiger partial charge in [0, 0.05) is 24.2 Å². The molecule has 0 atom stereocenters. The number of aromatic amines is 1. The fourth-order valence-corrected chi connectivity index (χ4v) is 5.52. The van der Waals surface area contributed by atoms with E-state index in [1.165, 1.54) is 12.0 Å². The highest BCUT2D eigenvalue weighted by atomic mass is 16.2.